The molecule has 0 saturated carbocycles. The van der Waals surface area contributed by atoms with Crippen molar-refractivity contribution in [3.8, 4) is 17.0 Å². The van der Waals surface area contributed by atoms with Gasteiger partial charge < -0.3 is 4.74 Å². The summed E-state index contributed by atoms with van der Waals surface area (Å²) in [4.78, 5) is 27.0. The van der Waals surface area contributed by atoms with Crippen LogP contribution in [-0.4, -0.2) is 22.4 Å². The van der Waals surface area contributed by atoms with E-state index in [0.29, 0.717) is 22.1 Å². The highest BCUT2D eigenvalue weighted by Gasteiger charge is 2.13. The molecule has 1 N–H and O–H groups in total. The third-order valence-corrected chi connectivity index (χ3v) is 5.09. The first kappa shape index (κ1) is 20.0. The van der Waals surface area contributed by atoms with Gasteiger partial charge in [-0.05, 0) is 37.1 Å². The molecule has 1 amide bonds. The summed E-state index contributed by atoms with van der Waals surface area (Å²) in [6.07, 6.45) is 0. The lowest BCUT2D eigenvalue weighted by Crippen LogP contribution is -2.20. The molecule has 7 nitrogen and oxygen atoms in total. The number of anilines is 1. The number of carbonyl (C=O) groups excluding carboxylic acids is 1. The second-order valence-corrected chi connectivity index (χ2v) is 7.82. The Morgan fingerprint density at radius 2 is 2.00 bits per heavy atom. The number of halogens is 1. The van der Waals surface area contributed by atoms with Crippen molar-refractivity contribution >= 4 is 44.0 Å². The molecule has 0 aliphatic rings. The number of aromatic nitrogens is 1. The summed E-state index contributed by atoms with van der Waals surface area (Å²) in [7, 11) is 0. The molecule has 1 aromatic heterocycles. The van der Waals surface area contributed by atoms with Gasteiger partial charge >= 0.3 is 0 Å². The highest BCUT2D eigenvalue weighted by molar-refractivity contribution is 9.10. The minimum atomic E-state index is -0.456. The summed E-state index contributed by atoms with van der Waals surface area (Å²) in [5, 5.41) is 15.7. The number of ether oxygens (including phenoxy) is 1. The van der Waals surface area contributed by atoms with Gasteiger partial charge in [-0.25, -0.2) is 4.98 Å². The molecule has 0 bridgehead atoms. The minimum Gasteiger partial charge on any atom is -0.483 e. The highest BCUT2D eigenvalue weighted by atomic mass is 79.9. The topological polar surface area (TPSA) is 94.4 Å². The van der Waals surface area contributed by atoms with E-state index in [1.807, 2.05) is 26.0 Å². The zero-order valence-electron chi connectivity index (χ0n) is 15.1. The number of carbonyl (C=O) groups is 1. The Bertz CT molecular complexity index is 1030. The summed E-state index contributed by atoms with van der Waals surface area (Å²) in [6.45, 7) is 3.68. The quantitative estimate of drug-likeness (QED) is 0.406. The van der Waals surface area contributed by atoms with Gasteiger partial charge in [-0.15, -0.1) is 11.3 Å². The molecule has 0 atom stereocenters. The monoisotopic (exact) mass is 461 g/mol. The number of amides is 1. The number of hydrogen-bond acceptors (Lipinski definition) is 6. The summed E-state index contributed by atoms with van der Waals surface area (Å²) < 4.78 is 6.61. The van der Waals surface area contributed by atoms with Gasteiger partial charge in [-0.3, -0.25) is 20.2 Å². The number of non-ortho nitro benzene ring substituents is 1. The summed E-state index contributed by atoms with van der Waals surface area (Å²) >= 11 is 4.67. The number of nitrogens with zero attached hydrogens (tertiary/aromatic N) is 2. The van der Waals surface area contributed by atoms with E-state index in [9.17, 15) is 14.9 Å². The predicted octanol–water partition coefficient (Wildman–Crippen LogP) is 5.12. The van der Waals surface area contributed by atoms with Crippen LogP contribution in [0.15, 0.2) is 46.3 Å². The Labute approximate surface area is 173 Å². The third kappa shape index (κ3) is 4.73. The standard InChI is InChI=1S/C19H16BrN3O4S/c1-11-6-14(20)7-12(2)18(11)27-9-17(24)22-19-21-16(10-28-19)13-4-3-5-15(8-13)23(25)26/h3-8,10H,9H2,1-2H3,(H,21,22,24). The molecule has 0 aliphatic heterocycles. The van der Waals surface area contributed by atoms with Crippen LogP contribution in [-0.2, 0) is 4.79 Å². The highest BCUT2D eigenvalue weighted by Crippen LogP contribution is 2.29. The SMILES string of the molecule is Cc1cc(Br)cc(C)c1OCC(=O)Nc1nc(-c2cccc([N+](=O)[O-])c2)cs1. The first-order valence-electron chi connectivity index (χ1n) is 8.23. The van der Waals surface area contributed by atoms with Crippen LogP contribution in [0.3, 0.4) is 0 Å². The average molecular weight is 462 g/mol. The van der Waals surface area contributed by atoms with E-state index in [2.05, 4.69) is 26.2 Å². The molecule has 2 aromatic carbocycles. The molecule has 0 aliphatic carbocycles. The molecular formula is C19H16BrN3O4S. The van der Waals surface area contributed by atoms with Crippen LogP contribution >= 0.6 is 27.3 Å². The van der Waals surface area contributed by atoms with E-state index in [4.69, 9.17) is 4.74 Å². The molecule has 0 spiro atoms. The summed E-state index contributed by atoms with van der Waals surface area (Å²) in [5.41, 5.74) is 3.03. The Balaban J connectivity index is 1.65. The van der Waals surface area contributed by atoms with Crippen LogP contribution in [0.25, 0.3) is 11.3 Å². The van der Waals surface area contributed by atoms with Crippen molar-refractivity contribution in [1.29, 1.82) is 0 Å². The lowest BCUT2D eigenvalue weighted by atomic mass is 10.1. The van der Waals surface area contributed by atoms with Gasteiger partial charge in [-0.1, -0.05) is 28.1 Å². The molecule has 0 fully saturated rings. The Morgan fingerprint density at radius 1 is 1.29 bits per heavy atom. The number of rotatable bonds is 6. The number of aryl methyl sites for hydroxylation is 2. The fraction of sp³-hybridized carbons (Fsp3) is 0.158. The number of nitro benzene ring substituents is 1. The predicted molar refractivity (Wildman–Crippen MR) is 112 cm³/mol. The number of benzene rings is 2. The molecule has 144 valence electrons. The number of thiazole rings is 1. The van der Waals surface area contributed by atoms with Crippen molar-refractivity contribution < 1.29 is 14.5 Å². The number of nitro groups is 1. The van der Waals surface area contributed by atoms with Crippen LogP contribution in [0.2, 0.25) is 0 Å². The van der Waals surface area contributed by atoms with E-state index in [1.54, 1.807) is 17.5 Å². The van der Waals surface area contributed by atoms with Gasteiger partial charge in [0.05, 0.1) is 10.6 Å². The lowest BCUT2D eigenvalue weighted by Gasteiger charge is -2.12. The molecule has 3 aromatic rings. The van der Waals surface area contributed by atoms with Gasteiger partial charge in [0, 0.05) is 27.5 Å². The summed E-state index contributed by atoms with van der Waals surface area (Å²) in [5.74, 6) is 0.344. The van der Waals surface area contributed by atoms with Crippen LogP contribution in [0, 0.1) is 24.0 Å². The first-order valence-corrected chi connectivity index (χ1v) is 9.90. The van der Waals surface area contributed by atoms with E-state index in [-0.39, 0.29) is 18.2 Å². The van der Waals surface area contributed by atoms with Crippen molar-refractivity contribution in [2.24, 2.45) is 0 Å². The Kier molecular flexibility index (Phi) is 6.05. The fourth-order valence-corrected chi connectivity index (χ4v) is 4.08. The molecule has 28 heavy (non-hydrogen) atoms. The molecule has 0 saturated heterocycles. The molecule has 9 heteroatoms. The summed E-state index contributed by atoms with van der Waals surface area (Å²) in [6, 6.07) is 10.0. The third-order valence-electron chi connectivity index (χ3n) is 3.88. The van der Waals surface area contributed by atoms with Crippen molar-refractivity contribution in [2.75, 3.05) is 11.9 Å². The molecule has 3 rings (SSSR count). The van der Waals surface area contributed by atoms with Crippen molar-refractivity contribution in [3.05, 3.63) is 67.5 Å². The van der Waals surface area contributed by atoms with Gasteiger partial charge in [0.1, 0.15) is 5.75 Å². The second kappa shape index (κ2) is 8.49. The number of hydrogen-bond donors (Lipinski definition) is 1. The van der Waals surface area contributed by atoms with Gasteiger partial charge in [0.15, 0.2) is 11.7 Å². The smallest absolute Gasteiger partial charge is 0.270 e. The zero-order chi connectivity index (χ0) is 20.3. The average Bonchev–Trinajstić information content (AvgIpc) is 3.09. The number of nitrogens with one attached hydrogen (secondary N) is 1. The zero-order valence-corrected chi connectivity index (χ0v) is 17.5. The maximum absolute atomic E-state index is 12.2. The maximum Gasteiger partial charge on any atom is 0.270 e. The normalized spacial score (nSPS) is 10.5. The van der Waals surface area contributed by atoms with E-state index < -0.39 is 4.92 Å². The van der Waals surface area contributed by atoms with Crippen LogP contribution < -0.4 is 10.1 Å². The van der Waals surface area contributed by atoms with Crippen LogP contribution in [0.1, 0.15) is 11.1 Å². The molecular weight excluding hydrogens is 446 g/mol. The van der Waals surface area contributed by atoms with Crippen molar-refractivity contribution in [1.82, 2.24) is 4.98 Å². The van der Waals surface area contributed by atoms with E-state index in [1.165, 1.54) is 23.5 Å². The van der Waals surface area contributed by atoms with Crippen molar-refractivity contribution in [2.45, 2.75) is 13.8 Å². The van der Waals surface area contributed by atoms with Crippen LogP contribution in [0.4, 0.5) is 10.8 Å². The first-order chi connectivity index (χ1) is 13.3. The van der Waals surface area contributed by atoms with Crippen LogP contribution in [0.5, 0.6) is 5.75 Å². The molecule has 0 unspecified atom stereocenters. The fourth-order valence-electron chi connectivity index (χ4n) is 2.66. The van der Waals surface area contributed by atoms with Gasteiger partial charge in [0.2, 0.25) is 0 Å². The van der Waals surface area contributed by atoms with Gasteiger partial charge in [-0.2, -0.15) is 0 Å². The Hall–Kier alpha value is -2.78. The largest absolute Gasteiger partial charge is 0.483 e. The molecule has 1 heterocycles. The Morgan fingerprint density at radius 3 is 2.68 bits per heavy atom. The van der Waals surface area contributed by atoms with Crippen molar-refractivity contribution in [3.63, 3.8) is 0 Å². The van der Waals surface area contributed by atoms with Gasteiger partial charge in [0.25, 0.3) is 11.6 Å². The molecule has 0 radical (unpaired) electrons. The minimum absolute atomic E-state index is 0.00952. The second-order valence-electron chi connectivity index (χ2n) is 6.05. The van der Waals surface area contributed by atoms with E-state index in [0.717, 1.165) is 15.6 Å². The van der Waals surface area contributed by atoms with E-state index >= 15 is 0 Å². The lowest BCUT2D eigenvalue weighted by molar-refractivity contribution is -0.384. The maximum atomic E-state index is 12.2.